The molecular formula is C23H22N2O2. The Morgan fingerprint density at radius 2 is 1.70 bits per heavy atom. The first kappa shape index (κ1) is 18.4. The maximum absolute atomic E-state index is 12.0. The highest BCUT2D eigenvalue weighted by atomic mass is 16.5. The van der Waals surface area contributed by atoms with Crippen molar-refractivity contribution >= 4 is 12.1 Å². The Balaban J connectivity index is 1.51. The highest BCUT2D eigenvalue weighted by Crippen LogP contribution is 2.14. The molecule has 3 rings (SSSR count). The van der Waals surface area contributed by atoms with Gasteiger partial charge in [0.15, 0.2) is 0 Å². The van der Waals surface area contributed by atoms with E-state index >= 15 is 0 Å². The zero-order chi connectivity index (χ0) is 19.1. The molecule has 0 aromatic heterocycles. The van der Waals surface area contributed by atoms with E-state index in [1.807, 2.05) is 49.4 Å². The molecule has 4 heteroatoms. The van der Waals surface area contributed by atoms with Crippen LogP contribution in [0.3, 0.4) is 0 Å². The van der Waals surface area contributed by atoms with Gasteiger partial charge >= 0.3 is 0 Å². The summed E-state index contributed by atoms with van der Waals surface area (Å²) in [5.41, 5.74) is 7.40. The zero-order valence-electron chi connectivity index (χ0n) is 15.5. The highest BCUT2D eigenvalue weighted by molar-refractivity contribution is 5.95. The van der Waals surface area contributed by atoms with Gasteiger partial charge in [-0.25, -0.2) is 5.43 Å². The molecular weight excluding hydrogens is 336 g/mol. The second kappa shape index (κ2) is 8.81. The van der Waals surface area contributed by atoms with Gasteiger partial charge in [-0.15, -0.1) is 0 Å². The predicted octanol–water partition coefficient (Wildman–Crippen LogP) is 4.65. The van der Waals surface area contributed by atoms with Gasteiger partial charge in [0.05, 0.1) is 6.21 Å². The fourth-order valence-electron chi connectivity index (χ4n) is 2.52. The van der Waals surface area contributed by atoms with Gasteiger partial charge in [0.25, 0.3) is 5.91 Å². The van der Waals surface area contributed by atoms with Crippen molar-refractivity contribution in [3.8, 4) is 5.75 Å². The summed E-state index contributed by atoms with van der Waals surface area (Å²) in [5, 5.41) is 4.01. The molecule has 27 heavy (non-hydrogen) atoms. The lowest BCUT2D eigenvalue weighted by Gasteiger charge is -2.07. The molecule has 0 saturated heterocycles. The van der Waals surface area contributed by atoms with E-state index in [1.54, 1.807) is 12.3 Å². The number of rotatable bonds is 6. The topological polar surface area (TPSA) is 50.7 Å². The summed E-state index contributed by atoms with van der Waals surface area (Å²) in [6.45, 7) is 4.54. The van der Waals surface area contributed by atoms with Gasteiger partial charge in [0.2, 0.25) is 0 Å². The van der Waals surface area contributed by atoms with E-state index < -0.39 is 0 Å². The predicted molar refractivity (Wildman–Crippen MR) is 108 cm³/mol. The van der Waals surface area contributed by atoms with Crippen LogP contribution in [0.4, 0.5) is 0 Å². The van der Waals surface area contributed by atoms with Crippen molar-refractivity contribution in [2.45, 2.75) is 20.5 Å². The number of hydrogen-bond acceptors (Lipinski definition) is 3. The van der Waals surface area contributed by atoms with Crippen molar-refractivity contribution in [1.82, 2.24) is 5.43 Å². The Bertz CT molecular complexity index is 929. The molecule has 136 valence electrons. The molecule has 1 amide bonds. The summed E-state index contributed by atoms with van der Waals surface area (Å²) in [6, 6.07) is 23.2. The van der Waals surface area contributed by atoms with Gasteiger partial charge < -0.3 is 4.74 Å². The van der Waals surface area contributed by atoms with Crippen LogP contribution in [-0.2, 0) is 6.61 Å². The minimum Gasteiger partial charge on any atom is -0.489 e. The summed E-state index contributed by atoms with van der Waals surface area (Å²) in [5.74, 6) is 0.560. The minimum atomic E-state index is -0.229. The molecule has 0 spiro atoms. The van der Waals surface area contributed by atoms with Crippen molar-refractivity contribution in [3.05, 3.63) is 101 Å². The summed E-state index contributed by atoms with van der Waals surface area (Å²) >= 11 is 0. The molecule has 0 aliphatic heterocycles. The van der Waals surface area contributed by atoms with Crippen LogP contribution in [0.15, 0.2) is 77.9 Å². The standard InChI is InChI=1S/C23H22N2O2/c1-17-6-8-20(9-7-17)16-27-22-12-10-19(11-13-22)15-24-25-23(26)21-5-3-4-18(2)14-21/h3-15H,16H2,1-2H3,(H,25,26)/b24-15-. The van der Waals surface area contributed by atoms with E-state index in [0.717, 1.165) is 22.4 Å². The number of amides is 1. The number of nitrogens with one attached hydrogen (secondary N) is 1. The van der Waals surface area contributed by atoms with E-state index in [9.17, 15) is 4.79 Å². The molecule has 0 radical (unpaired) electrons. The fraction of sp³-hybridized carbons (Fsp3) is 0.130. The summed E-state index contributed by atoms with van der Waals surface area (Å²) < 4.78 is 5.78. The Labute approximate surface area is 159 Å². The summed E-state index contributed by atoms with van der Waals surface area (Å²) in [7, 11) is 0. The molecule has 0 saturated carbocycles. The number of hydrazone groups is 1. The first-order chi connectivity index (χ1) is 13.1. The number of nitrogens with zero attached hydrogens (tertiary/aromatic N) is 1. The van der Waals surface area contributed by atoms with Crippen LogP contribution in [0.25, 0.3) is 0 Å². The quantitative estimate of drug-likeness (QED) is 0.515. The van der Waals surface area contributed by atoms with Gasteiger partial charge in [-0.3, -0.25) is 4.79 Å². The monoisotopic (exact) mass is 358 g/mol. The van der Waals surface area contributed by atoms with E-state index in [1.165, 1.54) is 5.56 Å². The summed E-state index contributed by atoms with van der Waals surface area (Å²) in [4.78, 5) is 12.0. The normalized spacial score (nSPS) is 10.7. The first-order valence-corrected chi connectivity index (χ1v) is 8.79. The van der Waals surface area contributed by atoms with Gasteiger partial charge in [-0.05, 0) is 61.4 Å². The third-order valence-electron chi connectivity index (χ3n) is 4.07. The highest BCUT2D eigenvalue weighted by Gasteiger charge is 2.03. The fourth-order valence-corrected chi connectivity index (χ4v) is 2.52. The molecule has 0 bridgehead atoms. The van der Waals surface area contributed by atoms with Crippen molar-refractivity contribution in [1.29, 1.82) is 0 Å². The Hall–Kier alpha value is -3.40. The van der Waals surface area contributed by atoms with Crippen LogP contribution >= 0.6 is 0 Å². The lowest BCUT2D eigenvalue weighted by Crippen LogP contribution is -2.17. The molecule has 3 aromatic carbocycles. The average molecular weight is 358 g/mol. The van der Waals surface area contributed by atoms with Crippen molar-refractivity contribution < 1.29 is 9.53 Å². The first-order valence-electron chi connectivity index (χ1n) is 8.79. The van der Waals surface area contributed by atoms with Crippen molar-refractivity contribution in [3.63, 3.8) is 0 Å². The number of aryl methyl sites for hydroxylation is 2. The SMILES string of the molecule is Cc1ccc(COc2ccc(/C=N\NC(=O)c3cccc(C)c3)cc2)cc1. The van der Waals surface area contributed by atoms with Gasteiger partial charge in [-0.2, -0.15) is 5.10 Å². The smallest absolute Gasteiger partial charge is 0.271 e. The number of benzene rings is 3. The molecule has 0 heterocycles. The largest absolute Gasteiger partial charge is 0.489 e. The third-order valence-corrected chi connectivity index (χ3v) is 4.07. The minimum absolute atomic E-state index is 0.229. The van der Waals surface area contributed by atoms with Crippen LogP contribution in [0.1, 0.15) is 32.6 Å². The summed E-state index contributed by atoms with van der Waals surface area (Å²) in [6.07, 6.45) is 1.61. The van der Waals surface area contributed by atoms with Gasteiger partial charge in [0.1, 0.15) is 12.4 Å². The van der Waals surface area contributed by atoms with Gasteiger partial charge in [-0.1, -0.05) is 47.5 Å². The van der Waals surface area contributed by atoms with E-state index in [4.69, 9.17) is 4.74 Å². The van der Waals surface area contributed by atoms with Crippen LogP contribution in [0, 0.1) is 13.8 Å². The van der Waals surface area contributed by atoms with E-state index in [0.29, 0.717) is 12.2 Å². The van der Waals surface area contributed by atoms with E-state index in [2.05, 4.69) is 41.7 Å². The lowest BCUT2D eigenvalue weighted by atomic mass is 10.1. The maximum Gasteiger partial charge on any atom is 0.271 e. The molecule has 0 fully saturated rings. The number of hydrogen-bond donors (Lipinski definition) is 1. The number of ether oxygens (including phenoxy) is 1. The van der Waals surface area contributed by atoms with Gasteiger partial charge in [0, 0.05) is 5.56 Å². The molecule has 0 atom stereocenters. The average Bonchev–Trinajstić information content (AvgIpc) is 2.68. The molecule has 0 aliphatic rings. The van der Waals surface area contributed by atoms with Crippen molar-refractivity contribution in [2.75, 3.05) is 0 Å². The zero-order valence-corrected chi connectivity index (χ0v) is 15.5. The molecule has 0 unspecified atom stereocenters. The molecule has 3 aromatic rings. The second-order valence-corrected chi connectivity index (χ2v) is 6.41. The Kier molecular flexibility index (Phi) is 6.00. The Morgan fingerprint density at radius 3 is 2.41 bits per heavy atom. The maximum atomic E-state index is 12.0. The lowest BCUT2D eigenvalue weighted by molar-refractivity contribution is 0.0955. The molecule has 0 aliphatic carbocycles. The number of carbonyl (C=O) groups excluding carboxylic acids is 1. The Morgan fingerprint density at radius 1 is 0.963 bits per heavy atom. The molecule has 1 N–H and O–H groups in total. The van der Waals surface area contributed by atoms with Crippen LogP contribution in [0.2, 0.25) is 0 Å². The number of carbonyl (C=O) groups is 1. The second-order valence-electron chi connectivity index (χ2n) is 6.41. The van der Waals surface area contributed by atoms with Crippen LogP contribution < -0.4 is 10.2 Å². The van der Waals surface area contributed by atoms with E-state index in [-0.39, 0.29) is 5.91 Å². The molecule has 4 nitrogen and oxygen atoms in total. The van der Waals surface area contributed by atoms with Crippen LogP contribution in [0.5, 0.6) is 5.75 Å². The third kappa shape index (κ3) is 5.54. The van der Waals surface area contributed by atoms with Crippen LogP contribution in [-0.4, -0.2) is 12.1 Å². The van der Waals surface area contributed by atoms with Crippen molar-refractivity contribution in [2.24, 2.45) is 5.10 Å².